The van der Waals surface area contributed by atoms with Gasteiger partial charge in [0.2, 0.25) is 0 Å². The molecule has 0 N–H and O–H groups in total. The lowest BCUT2D eigenvalue weighted by atomic mass is 10.0. The Balaban J connectivity index is 1.94. The van der Waals surface area contributed by atoms with E-state index in [4.69, 9.17) is 4.98 Å². The third-order valence-electron chi connectivity index (χ3n) is 6.33. The van der Waals surface area contributed by atoms with Crippen LogP contribution >= 0.6 is 0 Å². The molecule has 1 aliphatic heterocycles. The lowest BCUT2D eigenvalue weighted by Gasteiger charge is -2.20. The van der Waals surface area contributed by atoms with Crippen molar-refractivity contribution in [3.05, 3.63) is 47.2 Å². The Labute approximate surface area is 189 Å². The number of pyridine rings is 1. The molecule has 8 heteroatoms. The van der Waals surface area contributed by atoms with Crippen LogP contribution in [-0.4, -0.2) is 58.6 Å². The molecule has 3 aromatic rings. The molecule has 32 heavy (non-hydrogen) atoms. The minimum absolute atomic E-state index is 0.0552. The van der Waals surface area contributed by atoms with Crippen LogP contribution in [-0.2, 0) is 16.3 Å². The first-order valence-electron chi connectivity index (χ1n) is 11.3. The molecule has 0 aliphatic carbocycles. The maximum atomic E-state index is 13.5. The second-order valence-corrected chi connectivity index (χ2v) is 10.6. The average molecular weight is 455 g/mol. The zero-order valence-electron chi connectivity index (χ0n) is 19.1. The molecule has 170 valence electrons. The lowest BCUT2D eigenvalue weighted by Crippen LogP contribution is -2.30. The van der Waals surface area contributed by atoms with Crippen molar-refractivity contribution in [2.45, 2.75) is 46.6 Å². The van der Waals surface area contributed by atoms with E-state index in [9.17, 15) is 13.2 Å². The van der Waals surface area contributed by atoms with Crippen LogP contribution in [0.3, 0.4) is 0 Å². The number of carbonyl (C=O) groups is 1. The quantitative estimate of drug-likeness (QED) is 0.565. The second-order valence-electron chi connectivity index (χ2n) is 8.37. The maximum absolute atomic E-state index is 13.5. The van der Waals surface area contributed by atoms with Gasteiger partial charge in [0.05, 0.1) is 39.9 Å². The Kier molecular flexibility index (Phi) is 6.07. The van der Waals surface area contributed by atoms with E-state index >= 15 is 0 Å². The largest absolute Gasteiger partial charge is 0.339 e. The molecule has 0 spiro atoms. The van der Waals surface area contributed by atoms with Crippen molar-refractivity contribution in [2.75, 3.05) is 24.6 Å². The molecule has 0 saturated carbocycles. The zero-order valence-corrected chi connectivity index (χ0v) is 19.9. The van der Waals surface area contributed by atoms with Gasteiger partial charge in [-0.2, -0.15) is 5.10 Å². The van der Waals surface area contributed by atoms with E-state index in [1.807, 2.05) is 39.0 Å². The fourth-order valence-corrected chi connectivity index (χ4v) is 6.14. The highest BCUT2D eigenvalue weighted by molar-refractivity contribution is 7.91. The van der Waals surface area contributed by atoms with Gasteiger partial charge in [-0.3, -0.25) is 4.79 Å². The van der Waals surface area contributed by atoms with Gasteiger partial charge in [-0.25, -0.2) is 18.1 Å². The van der Waals surface area contributed by atoms with Gasteiger partial charge in [-0.05, 0) is 45.2 Å². The van der Waals surface area contributed by atoms with Crippen LogP contribution in [0.15, 0.2) is 30.3 Å². The molecule has 7 nitrogen and oxygen atoms in total. The van der Waals surface area contributed by atoms with Crippen LogP contribution in [0.25, 0.3) is 22.3 Å². The molecule has 0 bridgehead atoms. The zero-order chi connectivity index (χ0) is 23.0. The summed E-state index contributed by atoms with van der Waals surface area (Å²) in [6.07, 6.45) is 1.45. The van der Waals surface area contributed by atoms with Crippen LogP contribution in [0.1, 0.15) is 54.8 Å². The number of carbonyl (C=O) groups excluding carboxylic acids is 1. The molecule has 0 radical (unpaired) electrons. The number of sulfone groups is 1. The van der Waals surface area contributed by atoms with Crippen LogP contribution in [0.2, 0.25) is 0 Å². The monoisotopic (exact) mass is 454 g/mol. The number of fused-ring (bicyclic) bond motifs is 1. The molecule has 1 unspecified atom stereocenters. The van der Waals surface area contributed by atoms with E-state index < -0.39 is 9.84 Å². The van der Waals surface area contributed by atoms with Crippen LogP contribution < -0.4 is 0 Å². The molecular weight excluding hydrogens is 424 g/mol. The fourth-order valence-electron chi connectivity index (χ4n) is 4.44. The summed E-state index contributed by atoms with van der Waals surface area (Å²) in [6.45, 7) is 9.10. The molecule has 1 saturated heterocycles. The van der Waals surface area contributed by atoms with E-state index in [-0.39, 0.29) is 23.5 Å². The van der Waals surface area contributed by atoms with E-state index in [2.05, 4.69) is 24.2 Å². The van der Waals surface area contributed by atoms with E-state index in [1.54, 1.807) is 9.58 Å². The second kappa shape index (κ2) is 8.65. The number of benzene rings is 1. The summed E-state index contributed by atoms with van der Waals surface area (Å²) in [5, 5.41) is 5.38. The van der Waals surface area contributed by atoms with Gasteiger partial charge in [0.15, 0.2) is 15.5 Å². The molecule has 1 fully saturated rings. The number of aromatic nitrogens is 3. The molecule has 4 rings (SSSR count). The highest BCUT2D eigenvalue weighted by atomic mass is 32.2. The first-order valence-corrected chi connectivity index (χ1v) is 13.1. The molecule has 1 atom stereocenters. The molecule has 3 heterocycles. The number of rotatable bonds is 6. The summed E-state index contributed by atoms with van der Waals surface area (Å²) in [6, 6.07) is 9.77. The first kappa shape index (κ1) is 22.5. The van der Waals surface area contributed by atoms with Crippen molar-refractivity contribution in [1.82, 2.24) is 19.7 Å². The minimum atomic E-state index is -3.08. The van der Waals surface area contributed by atoms with Gasteiger partial charge in [0.25, 0.3) is 5.91 Å². The van der Waals surface area contributed by atoms with Crippen molar-refractivity contribution in [3.63, 3.8) is 0 Å². The smallest absolute Gasteiger partial charge is 0.254 e. The van der Waals surface area contributed by atoms with Gasteiger partial charge < -0.3 is 4.90 Å². The van der Waals surface area contributed by atoms with Crippen LogP contribution in [0, 0.1) is 6.92 Å². The molecular formula is C24H30N4O3S. The summed E-state index contributed by atoms with van der Waals surface area (Å²) < 4.78 is 26.0. The minimum Gasteiger partial charge on any atom is -0.339 e. The predicted molar refractivity (Wildman–Crippen MR) is 127 cm³/mol. The van der Waals surface area contributed by atoms with Crippen molar-refractivity contribution in [2.24, 2.45) is 0 Å². The number of hydrogen-bond donors (Lipinski definition) is 0. The van der Waals surface area contributed by atoms with E-state index in [1.165, 1.54) is 5.56 Å². The first-order chi connectivity index (χ1) is 15.3. The summed E-state index contributed by atoms with van der Waals surface area (Å²) in [5.74, 6) is 0.150. The van der Waals surface area contributed by atoms with Gasteiger partial charge >= 0.3 is 0 Å². The Bertz CT molecular complexity index is 1260. The van der Waals surface area contributed by atoms with Gasteiger partial charge in [0, 0.05) is 18.7 Å². The maximum Gasteiger partial charge on any atom is 0.254 e. The van der Waals surface area contributed by atoms with Gasteiger partial charge in [-0.15, -0.1) is 0 Å². The Morgan fingerprint density at radius 1 is 1.16 bits per heavy atom. The predicted octanol–water partition coefficient (Wildman–Crippen LogP) is 3.81. The Hall–Kier alpha value is -2.74. The molecule has 2 aromatic heterocycles. The molecule has 1 aliphatic rings. The summed E-state index contributed by atoms with van der Waals surface area (Å²) in [4.78, 5) is 20.1. The number of aryl methyl sites for hydroxylation is 2. The standard InChI is InChI=1S/C24H30N4O3S/c1-5-17-8-10-18(11-9-17)21-14-20(24(29)27(6-2)7-3)22-16(4)26-28(23(22)25-21)19-12-13-32(30,31)15-19/h8-11,14,19H,5-7,12-13,15H2,1-4H3. The van der Waals surface area contributed by atoms with Crippen molar-refractivity contribution in [1.29, 1.82) is 0 Å². The van der Waals surface area contributed by atoms with E-state index in [0.717, 1.165) is 12.0 Å². The van der Waals surface area contributed by atoms with Crippen molar-refractivity contribution >= 4 is 26.8 Å². The number of hydrogen-bond acceptors (Lipinski definition) is 5. The lowest BCUT2D eigenvalue weighted by molar-refractivity contribution is 0.0775. The summed E-state index contributed by atoms with van der Waals surface area (Å²) in [7, 11) is -3.08. The Morgan fingerprint density at radius 3 is 2.41 bits per heavy atom. The number of nitrogens with zero attached hydrogens (tertiary/aromatic N) is 4. The van der Waals surface area contributed by atoms with Gasteiger partial charge in [0.1, 0.15) is 0 Å². The summed E-state index contributed by atoms with van der Waals surface area (Å²) >= 11 is 0. The summed E-state index contributed by atoms with van der Waals surface area (Å²) in [5.41, 5.74) is 4.68. The average Bonchev–Trinajstić information content (AvgIpc) is 3.32. The third-order valence-corrected chi connectivity index (χ3v) is 8.08. The van der Waals surface area contributed by atoms with Crippen LogP contribution in [0.5, 0.6) is 0 Å². The van der Waals surface area contributed by atoms with Crippen LogP contribution in [0.4, 0.5) is 0 Å². The highest BCUT2D eigenvalue weighted by Crippen LogP contribution is 2.32. The number of amides is 1. The normalized spacial score (nSPS) is 17.7. The van der Waals surface area contributed by atoms with E-state index in [0.29, 0.717) is 47.5 Å². The fraction of sp³-hybridized carbons (Fsp3) is 0.458. The van der Waals surface area contributed by atoms with Crippen molar-refractivity contribution in [3.8, 4) is 11.3 Å². The molecule has 1 aromatic carbocycles. The highest BCUT2D eigenvalue weighted by Gasteiger charge is 2.32. The van der Waals surface area contributed by atoms with Gasteiger partial charge in [-0.1, -0.05) is 31.2 Å². The van der Waals surface area contributed by atoms with Crippen molar-refractivity contribution < 1.29 is 13.2 Å². The topological polar surface area (TPSA) is 85.2 Å². The SMILES string of the molecule is CCc1ccc(-c2cc(C(=O)N(CC)CC)c3c(C)nn(C4CCS(=O)(=O)C4)c3n2)cc1. The third kappa shape index (κ3) is 4.03. The molecule has 1 amide bonds. The Morgan fingerprint density at radius 2 is 1.84 bits per heavy atom.